The first-order valence-electron chi connectivity index (χ1n) is 3.38. The molecule has 0 bridgehead atoms. The van der Waals surface area contributed by atoms with Crippen molar-refractivity contribution < 1.29 is 31.5 Å². The van der Waals surface area contributed by atoms with Crippen LogP contribution < -0.4 is 0 Å². The van der Waals surface area contributed by atoms with E-state index < -0.39 is 41.5 Å². The molecule has 0 heterocycles. The van der Waals surface area contributed by atoms with E-state index in [0.29, 0.717) is 0 Å². The first-order valence-corrected chi connectivity index (χ1v) is 4.37. The van der Waals surface area contributed by atoms with Crippen molar-refractivity contribution >= 4 is 17.7 Å². The Morgan fingerprint density at radius 3 is 2.14 bits per heavy atom. The van der Waals surface area contributed by atoms with Crippen LogP contribution in [0.4, 0.5) is 22.0 Å². The Morgan fingerprint density at radius 1 is 1.29 bits per heavy atom. The van der Waals surface area contributed by atoms with Crippen molar-refractivity contribution in [3.63, 3.8) is 0 Å². The lowest BCUT2D eigenvalue weighted by molar-refractivity contribution is -0.237. The Kier molecular flexibility index (Phi) is 4.63. The lowest BCUT2D eigenvalue weighted by Gasteiger charge is -2.18. The Labute approximate surface area is 80.8 Å². The summed E-state index contributed by atoms with van der Waals surface area (Å²) in [5.41, 5.74) is 0. The number of rotatable bonds is 4. The highest BCUT2D eigenvalue weighted by Gasteiger charge is 2.57. The first kappa shape index (κ1) is 13.5. The van der Waals surface area contributed by atoms with Gasteiger partial charge in [-0.15, -0.1) is 0 Å². The molecule has 8 heteroatoms. The third-order valence-electron chi connectivity index (χ3n) is 1.00. The predicted octanol–water partition coefficient (Wildman–Crippen LogP) is 2.44. The van der Waals surface area contributed by atoms with Crippen LogP contribution in [0.1, 0.15) is 6.92 Å². The number of hydrogen-bond acceptors (Lipinski definition) is 3. The van der Waals surface area contributed by atoms with E-state index in [2.05, 4.69) is 4.74 Å². The van der Waals surface area contributed by atoms with Gasteiger partial charge in [0.25, 0.3) is 0 Å². The van der Waals surface area contributed by atoms with Gasteiger partial charge in [-0.25, -0.2) is 0 Å². The second kappa shape index (κ2) is 4.81. The maximum atomic E-state index is 12.2. The molecule has 0 fully saturated rings. The third kappa shape index (κ3) is 4.64. The summed E-state index contributed by atoms with van der Waals surface area (Å²) in [5, 5.41) is -4.80. The summed E-state index contributed by atoms with van der Waals surface area (Å²) in [6.45, 7) is 0.568. The summed E-state index contributed by atoms with van der Waals surface area (Å²) >= 11 is -0.608. The first-order chi connectivity index (χ1) is 6.17. The average Bonchev–Trinajstić information content (AvgIpc) is 1.95. The Hall–Kier alpha value is -0.530. The minimum atomic E-state index is -5.58. The molecule has 84 valence electrons. The van der Waals surface area contributed by atoms with Gasteiger partial charge in [0.15, 0.2) is 0 Å². The molecule has 0 rings (SSSR count). The molecule has 0 amide bonds. The van der Waals surface area contributed by atoms with E-state index in [1.165, 1.54) is 0 Å². The number of carbonyl (C=O) groups is 1. The van der Waals surface area contributed by atoms with Crippen LogP contribution in [0, 0.1) is 0 Å². The van der Waals surface area contributed by atoms with Crippen LogP contribution in [-0.4, -0.2) is 29.8 Å². The van der Waals surface area contributed by atoms with Gasteiger partial charge in [0, 0.05) is 12.7 Å². The maximum Gasteiger partial charge on any atom is 0.464 e. The molecule has 0 spiro atoms. The molecule has 0 unspecified atom stereocenters. The fraction of sp³-hybridized carbons (Fsp3) is 0.833. The molecule has 0 aliphatic heterocycles. The number of thioether (sulfide) groups is 1. The lowest BCUT2D eigenvalue weighted by atomic mass is 10.7. The predicted molar refractivity (Wildman–Crippen MR) is 40.1 cm³/mol. The second-order valence-electron chi connectivity index (χ2n) is 2.20. The van der Waals surface area contributed by atoms with E-state index >= 15 is 0 Å². The van der Waals surface area contributed by atoms with Crippen LogP contribution in [0.25, 0.3) is 0 Å². The van der Waals surface area contributed by atoms with Gasteiger partial charge < -0.3 is 4.74 Å². The van der Waals surface area contributed by atoms with E-state index in [4.69, 9.17) is 0 Å². The summed E-state index contributed by atoms with van der Waals surface area (Å²) in [4.78, 5) is 10.1. The van der Waals surface area contributed by atoms with Crippen LogP contribution in [0.15, 0.2) is 0 Å². The third-order valence-corrected chi connectivity index (χ3v) is 1.97. The molecule has 0 aromatic carbocycles. The van der Waals surface area contributed by atoms with Gasteiger partial charge >= 0.3 is 17.4 Å². The van der Waals surface area contributed by atoms with Crippen molar-refractivity contribution in [1.29, 1.82) is 0 Å². The van der Waals surface area contributed by atoms with E-state index in [1.54, 1.807) is 0 Å². The van der Waals surface area contributed by atoms with Crippen molar-refractivity contribution in [1.82, 2.24) is 0 Å². The average molecular weight is 238 g/mol. The summed E-state index contributed by atoms with van der Waals surface area (Å²) in [7, 11) is 0. The normalized spacial score (nSPS) is 12.7. The number of esters is 1. The van der Waals surface area contributed by atoms with E-state index in [0.717, 1.165) is 6.92 Å². The molecule has 0 saturated heterocycles. The molecule has 0 aromatic rings. The molecular weight excluding hydrogens is 231 g/mol. The lowest BCUT2D eigenvalue weighted by Crippen LogP contribution is -2.33. The van der Waals surface area contributed by atoms with Gasteiger partial charge in [-0.05, 0) is 0 Å². The molecule has 0 atom stereocenters. The zero-order valence-electron chi connectivity index (χ0n) is 7.03. The minimum absolute atomic E-state index is 0.467. The Bertz CT molecular complexity index is 203. The van der Waals surface area contributed by atoms with Gasteiger partial charge in [-0.2, -0.15) is 22.0 Å². The Morgan fingerprint density at radius 2 is 1.79 bits per heavy atom. The molecule has 0 aliphatic carbocycles. The van der Waals surface area contributed by atoms with Gasteiger partial charge in [0.1, 0.15) is 6.61 Å². The standard InChI is InChI=1S/C6H7F5O2S/c1-4(12)13-2-3-14-6(10,11)5(7,8)9/h2-3H2,1H3. The summed E-state index contributed by atoms with van der Waals surface area (Å²) in [6.07, 6.45) is -5.58. The summed E-state index contributed by atoms with van der Waals surface area (Å²) < 4.78 is 63.1. The fourth-order valence-electron chi connectivity index (χ4n) is 0.437. The van der Waals surface area contributed by atoms with Crippen LogP contribution >= 0.6 is 11.8 Å². The molecule has 0 radical (unpaired) electrons. The van der Waals surface area contributed by atoms with Crippen molar-refractivity contribution in [3.05, 3.63) is 0 Å². The topological polar surface area (TPSA) is 26.3 Å². The van der Waals surface area contributed by atoms with Gasteiger partial charge in [-0.3, -0.25) is 4.79 Å². The van der Waals surface area contributed by atoms with Crippen molar-refractivity contribution in [2.45, 2.75) is 18.4 Å². The van der Waals surface area contributed by atoms with Gasteiger partial charge in [0.2, 0.25) is 0 Å². The van der Waals surface area contributed by atoms with Crippen molar-refractivity contribution in [2.24, 2.45) is 0 Å². The highest BCUT2D eigenvalue weighted by molar-refractivity contribution is 8.00. The quantitative estimate of drug-likeness (QED) is 0.427. The van der Waals surface area contributed by atoms with Crippen LogP contribution in [0.3, 0.4) is 0 Å². The molecule has 0 aromatic heterocycles. The zero-order chi connectivity index (χ0) is 11.4. The van der Waals surface area contributed by atoms with E-state index in [1.807, 2.05) is 0 Å². The van der Waals surface area contributed by atoms with Crippen LogP contribution in [0.5, 0.6) is 0 Å². The summed E-state index contributed by atoms with van der Waals surface area (Å²) in [5.74, 6) is -1.33. The molecular formula is C6H7F5O2S. The molecule has 0 aliphatic rings. The largest absolute Gasteiger partial charge is 0.465 e. The Balaban J connectivity index is 3.83. The van der Waals surface area contributed by atoms with Gasteiger partial charge in [-0.1, -0.05) is 11.8 Å². The number of hydrogen-bond donors (Lipinski definition) is 0. The van der Waals surface area contributed by atoms with Gasteiger partial charge in [0.05, 0.1) is 0 Å². The van der Waals surface area contributed by atoms with E-state index in [-0.39, 0.29) is 0 Å². The number of halogens is 5. The highest BCUT2D eigenvalue weighted by Crippen LogP contribution is 2.43. The molecule has 0 saturated carbocycles. The second-order valence-corrected chi connectivity index (χ2v) is 3.41. The zero-order valence-corrected chi connectivity index (χ0v) is 7.85. The number of alkyl halides is 5. The number of ether oxygens (including phenoxy) is 1. The van der Waals surface area contributed by atoms with Crippen LogP contribution in [-0.2, 0) is 9.53 Å². The highest BCUT2D eigenvalue weighted by atomic mass is 32.2. The maximum absolute atomic E-state index is 12.2. The fourth-order valence-corrected chi connectivity index (χ4v) is 1.02. The van der Waals surface area contributed by atoms with Crippen LogP contribution in [0.2, 0.25) is 0 Å². The number of carbonyl (C=O) groups excluding carboxylic acids is 1. The smallest absolute Gasteiger partial charge is 0.464 e. The minimum Gasteiger partial charge on any atom is -0.465 e. The summed E-state index contributed by atoms with van der Waals surface area (Å²) in [6, 6.07) is 0. The molecule has 14 heavy (non-hydrogen) atoms. The van der Waals surface area contributed by atoms with Crippen molar-refractivity contribution in [2.75, 3.05) is 12.4 Å². The SMILES string of the molecule is CC(=O)OCCSC(F)(F)C(F)(F)F. The van der Waals surface area contributed by atoms with E-state index in [9.17, 15) is 26.7 Å². The monoisotopic (exact) mass is 238 g/mol. The molecule has 2 nitrogen and oxygen atoms in total. The van der Waals surface area contributed by atoms with Crippen molar-refractivity contribution in [3.8, 4) is 0 Å². The molecule has 0 N–H and O–H groups in total.